The lowest BCUT2D eigenvalue weighted by Crippen LogP contribution is -2.06. The van der Waals surface area contributed by atoms with Crippen LogP contribution in [-0.4, -0.2) is 14.5 Å². The minimum atomic E-state index is 0.472. The predicted molar refractivity (Wildman–Crippen MR) is 69.8 cm³/mol. The van der Waals surface area contributed by atoms with Gasteiger partial charge >= 0.3 is 0 Å². The highest BCUT2D eigenvalue weighted by Gasteiger charge is 2.11. The van der Waals surface area contributed by atoms with E-state index < -0.39 is 0 Å². The van der Waals surface area contributed by atoms with Crippen LogP contribution in [0, 0.1) is 6.92 Å². The van der Waals surface area contributed by atoms with E-state index in [1.165, 1.54) is 6.42 Å². The Balaban J connectivity index is 2.36. The maximum atomic E-state index is 4.54. The fraction of sp³-hybridized carbons (Fsp3) is 0.429. The molecule has 0 fully saturated rings. The molecule has 0 saturated carbocycles. The summed E-state index contributed by atoms with van der Waals surface area (Å²) in [5.74, 6) is 0.967. The van der Waals surface area contributed by atoms with Gasteiger partial charge in [0.2, 0.25) is 0 Å². The lowest BCUT2D eigenvalue weighted by atomic mass is 10.2. The molecule has 2 aromatic heterocycles. The Hall–Kier alpha value is -1.64. The Morgan fingerprint density at radius 1 is 1.35 bits per heavy atom. The molecule has 2 heterocycles. The first-order valence-electron chi connectivity index (χ1n) is 6.19. The van der Waals surface area contributed by atoms with Gasteiger partial charge in [0.15, 0.2) is 5.82 Å². The second-order valence-electron chi connectivity index (χ2n) is 4.46. The van der Waals surface area contributed by atoms with Crippen molar-refractivity contribution in [2.75, 3.05) is 0 Å². The van der Waals surface area contributed by atoms with Gasteiger partial charge in [0.05, 0.1) is 0 Å². The van der Waals surface area contributed by atoms with E-state index in [1.807, 2.05) is 37.5 Å². The monoisotopic (exact) mass is 229 g/mol. The highest BCUT2D eigenvalue weighted by Crippen LogP contribution is 2.22. The molecule has 3 nitrogen and oxygen atoms in total. The number of aromatic nitrogens is 3. The molecule has 2 aromatic rings. The van der Waals surface area contributed by atoms with Gasteiger partial charge in [-0.25, -0.2) is 9.97 Å². The zero-order chi connectivity index (χ0) is 12.3. The van der Waals surface area contributed by atoms with Gasteiger partial charge in [0.1, 0.15) is 5.69 Å². The van der Waals surface area contributed by atoms with E-state index in [0.29, 0.717) is 6.04 Å². The number of hydrogen-bond donors (Lipinski definition) is 0. The minimum absolute atomic E-state index is 0.472. The van der Waals surface area contributed by atoms with Crippen molar-refractivity contribution in [1.82, 2.24) is 14.5 Å². The normalized spacial score (nSPS) is 12.6. The van der Waals surface area contributed by atoms with E-state index in [1.54, 1.807) is 0 Å². The molecular weight excluding hydrogens is 210 g/mol. The fourth-order valence-electron chi connectivity index (χ4n) is 2.09. The molecule has 0 radical (unpaired) electrons. The van der Waals surface area contributed by atoms with E-state index in [2.05, 4.69) is 28.4 Å². The predicted octanol–water partition coefficient (Wildman–Crippen LogP) is 3.61. The lowest BCUT2D eigenvalue weighted by Gasteiger charge is -2.15. The Labute approximate surface area is 103 Å². The maximum Gasteiger partial charge on any atom is 0.158 e. The zero-order valence-corrected chi connectivity index (χ0v) is 10.7. The summed E-state index contributed by atoms with van der Waals surface area (Å²) in [6.45, 7) is 6.44. The summed E-state index contributed by atoms with van der Waals surface area (Å²) in [5.41, 5.74) is 1.98. The molecular formula is C14H19N3. The molecule has 0 N–H and O–H groups in total. The molecule has 0 amide bonds. The first kappa shape index (κ1) is 11.8. The number of imidazole rings is 1. The molecule has 0 saturated heterocycles. The van der Waals surface area contributed by atoms with Gasteiger partial charge in [-0.05, 0) is 32.4 Å². The maximum absolute atomic E-state index is 4.54. The van der Waals surface area contributed by atoms with Gasteiger partial charge in [-0.15, -0.1) is 0 Å². The molecule has 0 bridgehead atoms. The summed E-state index contributed by atoms with van der Waals surface area (Å²) in [5, 5.41) is 0. The summed E-state index contributed by atoms with van der Waals surface area (Å²) in [6.07, 6.45) is 6.24. The molecule has 17 heavy (non-hydrogen) atoms. The smallest absolute Gasteiger partial charge is 0.158 e. The second-order valence-corrected chi connectivity index (χ2v) is 4.46. The van der Waals surface area contributed by atoms with Gasteiger partial charge in [-0.2, -0.15) is 0 Å². The van der Waals surface area contributed by atoms with Crippen molar-refractivity contribution >= 4 is 0 Å². The number of aryl methyl sites for hydroxylation is 1. The van der Waals surface area contributed by atoms with Gasteiger partial charge in [-0.3, -0.25) is 0 Å². The molecule has 0 aliphatic carbocycles. The third-order valence-corrected chi connectivity index (χ3v) is 2.97. The Morgan fingerprint density at radius 2 is 2.18 bits per heavy atom. The summed E-state index contributed by atoms with van der Waals surface area (Å²) < 4.78 is 2.21. The Bertz CT molecular complexity index is 488. The summed E-state index contributed by atoms with van der Waals surface area (Å²) in [4.78, 5) is 8.97. The molecule has 1 atom stereocenters. The van der Waals surface area contributed by atoms with Crippen LogP contribution in [0.25, 0.3) is 11.5 Å². The zero-order valence-electron chi connectivity index (χ0n) is 10.7. The topological polar surface area (TPSA) is 30.7 Å². The van der Waals surface area contributed by atoms with E-state index in [4.69, 9.17) is 0 Å². The highest BCUT2D eigenvalue weighted by atomic mass is 15.1. The van der Waals surface area contributed by atoms with Gasteiger partial charge < -0.3 is 4.57 Å². The number of nitrogens with zero attached hydrogens (tertiary/aromatic N) is 3. The first-order valence-corrected chi connectivity index (χ1v) is 6.19. The largest absolute Gasteiger partial charge is 0.327 e. The summed E-state index contributed by atoms with van der Waals surface area (Å²) in [7, 11) is 0. The van der Waals surface area contributed by atoms with Gasteiger partial charge in [0.25, 0.3) is 0 Å². The van der Waals surface area contributed by atoms with Crippen LogP contribution >= 0.6 is 0 Å². The molecule has 0 aliphatic rings. The van der Waals surface area contributed by atoms with E-state index in [-0.39, 0.29) is 0 Å². The molecule has 0 aliphatic heterocycles. The van der Waals surface area contributed by atoms with Crippen molar-refractivity contribution in [3.05, 3.63) is 36.3 Å². The molecule has 2 rings (SSSR count). The second kappa shape index (κ2) is 5.13. The van der Waals surface area contributed by atoms with Crippen molar-refractivity contribution in [3.8, 4) is 11.5 Å². The van der Waals surface area contributed by atoms with Crippen LogP contribution in [0.15, 0.2) is 30.6 Å². The highest BCUT2D eigenvalue weighted by molar-refractivity contribution is 5.50. The lowest BCUT2D eigenvalue weighted by molar-refractivity contribution is 0.504. The molecule has 0 aromatic carbocycles. The van der Waals surface area contributed by atoms with Gasteiger partial charge in [0, 0.05) is 24.1 Å². The Kier molecular flexibility index (Phi) is 3.57. The van der Waals surface area contributed by atoms with Crippen molar-refractivity contribution < 1.29 is 0 Å². The third-order valence-electron chi connectivity index (χ3n) is 2.97. The third kappa shape index (κ3) is 2.54. The van der Waals surface area contributed by atoms with Crippen LogP contribution in [0.3, 0.4) is 0 Å². The van der Waals surface area contributed by atoms with Crippen LogP contribution in [0.2, 0.25) is 0 Å². The van der Waals surface area contributed by atoms with Gasteiger partial charge in [-0.1, -0.05) is 19.4 Å². The van der Waals surface area contributed by atoms with E-state index >= 15 is 0 Å². The molecule has 0 spiro atoms. The van der Waals surface area contributed by atoms with Crippen LogP contribution in [0.5, 0.6) is 0 Å². The van der Waals surface area contributed by atoms with Crippen LogP contribution in [-0.2, 0) is 0 Å². The average Bonchev–Trinajstić information content (AvgIpc) is 2.78. The van der Waals surface area contributed by atoms with E-state index in [9.17, 15) is 0 Å². The molecule has 3 heteroatoms. The van der Waals surface area contributed by atoms with Crippen LogP contribution < -0.4 is 0 Å². The number of hydrogen-bond acceptors (Lipinski definition) is 2. The molecule has 90 valence electrons. The standard InChI is InChI=1S/C14H19N3/c1-4-6-12(3)17-10-9-15-14(17)13-8-5-7-11(2)16-13/h5,7-10,12H,4,6H2,1-3H3. The van der Waals surface area contributed by atoms with Crippen molar-refractivity contribution in [2.24, 2.45) is 0 Å². The summed E-state index contributed by atoms with van der Waals surface area (Å²) >= 11 is 0. The SMILES string of the molecule is CCCC(C)n1ccnc1-c1cccc(C)n1. The quantitative estimate of drug-likeness (QED) is 0.801. The van der Waals surface area contributed by atoms with E-state index in [0.717, 1.165) is 23.6 Å². The van der Waals surface area contributed by atoms with Crippen molar-refractivity contribution in [3.63, 3.8) is 0 Å². The Morgan fingerprint density at radius 3 is 2.88 bits per heavy atom. The van der Waals surface area contributed by atoms with Crippen LogP contribution in [0.1, 0.15) is 38.4 Å². The fourth-order valence-corrected chi connectivity index (χ4v) is 2.09. The minimum Gasteiger partial charge on any atom is -0.327 e. The van der Waals surface area contributed by atoms with Crippen molar-refractivity contribution in [1.29, 1.82) is 0 Å². The number of rotatable bonds is 4. The summed E-state index contributed by atoms with van der Waals surface area (Å²) in [6, 6.07) is 6.53. The van der Waals surface area contributed by atoms with Crippen molar-refractivity contribution in [2.45, 2.75) is 39.7 Å². The molecule has 1 unspecified atom stereocenters. The first-order chi connectivity index (χ1) is 8.22. The number of pyridine rings is 1. The van der Waals surface area contributed by atoms with Crippen LogP contribution in [0.4, 0.5) is 0 Å². The average molecular weight is 229 g/mol.